The molecule has 1 atom stereocenters. The fourth-order valence-electron chi connectivity index (χ4n) is 1.96. The van der Waals surface area contributed by atoms with Gasteiger partial charge in [-0.3, -0.25) is 9.59 Å². The lowest BCUT2D eigenvalue weighted by Crippen LogP contribution is -2.38. The number of ether oxygens (including phenoxy) is 2. The SMILES string of the molecule is C=CC(C)(/C=C/c1ccccc1)C(C(=O)OC)C(=O)OC. The lowest BCUT2D eigenvalue weighted by molar-refractivity contribution is -0.162. The second-order valence-electron chi connectivity index (χ2n) is 4.79. The Balaban J connectivity index is 3.15. The number of hydrogen-bond acceptors (Lipinski definition) is 4. The van der Waals surface area contributed by atoms with E-state index in [9.17, 15) is 9.59 Å². The third-order valence-corrected chi connectivity index (χ3v) is 3.37. The van der Waals surface area contributed by atoms with Crippen LogP contribution in [-0.4, -0.2) is 26.2 Å². The Kier molecular flexibility index (Phi) is 5.91. The van der Waals surface area contributed by atoms with E-state index in [0.29, 0.717) is 0 Å². The zero-order valence-electron chi connectivity index (χ0n) is 12.5. The summed E-state index contributed by atoms with van der Waals surface area (Å²) in [4.78, 5) is 23.8. The first-order valence-electron chi connectivity index (χ1n) is 6.52. The summed E-state index contributed by atoms with van der Waals surface area (Å²) in [5.41, 5.74) is 0.0507. The van der Waals surface area contributed by atoms with Crippen LogP contribution in [0.1, 0.15) is 12.5 Å². The molecular formula is C17H20O4. The average molecular weight is 288 g/mol. The van der Waals surface area contributed by atoms with Crippen molar-refractivity contribution in [2.45, 2.75) is 6.92 Å². The molecule has 0 aromatic heterocycles. The summed E-state index contributed by atoms with van der Waals surface area (Å²) in [6.45, 7) is 5.47. The molecular weight excluding hydrogens is 268 g/mol. The van der Waals surface area contributed by atoms with Crippen LogP contribution in [0, 0.1) is 11.3 Å². The van der Waals surface area contributed by atoms with Gasteiger partial charge in [0, 0.05) is 5.41 Å². The maximum absolute atomic E-state index is 11.9. The Morgan fingerprint density at radius 2 is 1.67 bits per heavy atom. The summed E-state index contributed by atoms with van der Waals surface area (Å²) < 4.78 is 9.43. The van der Waals surface area contributed by atoms with Crippen molar-refractivity contribution in [3.8, 4) is 0 Å². The van der Waals surface area contributed by atoms with Gasteiger partial charge in [0.25, 0.3) is 0 Å². The third kappa shape index (κ3) is 4.05. The van der Waals surface area contributed by atoms with Crippen LogP contribution in [0.2, 0.25) is 0 Å². The highest BCUT2D eigenvalue weighted by molar-refractivity contribution is 5.96. The molecule has 1 aromatic carbocycles. The highest BCUT2D eigenvalue weighted by Gasteiger charge is 2.42. The van der Waals surface area contributed by atoms with Crippen molar-refractivity contribution in [1.82, 2.24) is 0 Å². The van der Waals surface area contributed by atoms with E-state index in [-0.39, 0.29) is 0 Å². The van der Waals surface area contributed by atoms with E-state index in [2.05, 4.69) is 6.58 Å². The van der Waals surface area contributed by atoms with Gasteiger partial charge in [-0.2, -0.15) is 0 Å². The van der Waals surface area contributed by atoms with Crippen molar-refractivity contribution < 1.29 is 19.1 Å². The topological polar surface area (TPSA) is 52.6 Å². The fourth-order valence-corrected chi connectivity index (χ4v) is 1.96. The summed E-state index contributed by atoms with van der Waals surface area (Å²) in [6.07, 6.45) is 5.14. The van der Waals surface area contributed by atoms with Gasteiger partial charge in [-0.1, -0.05) is 55.5 Å². The van der Waals surface area contributed by atoms with Gasteiger partial charge in [-0.25, -0.2) is 0 Å². The van der Waals surface area contributed by atoms with E-state index in [4.69, 9.17) is 9.47 Å². The molecule has 112 valence electrons. The Hall–Kier alpha value is -2.36. The van der Waals surface area contributed by atoms with Crippen LogP contribution in [0.3, 0.4) is 0 Å². The summed E-state index contributed by atoms with van der Waals surface area (Å²) in [7, 11) is 2.48. The lowest BCUT2D eigenvalue weighted by atomic mass is 9.76. The zero-order valence-corrected chi connectivity index (χ0v) is 12.5. The van der Waals surface area contributed by atoms with Gasteiger partial charge in [0.05, 0.1) is 14.2 Å². The highest BCUT2D eigenvalue weighted by Crippen LogP contribution is 2.33. The monoisotopic (exact) mass is 288 g/mol. The minimum absolute atomic E-state index is 0.651. The van der Waals surface area contributed by atoms with E-state index < -0.39 is 23.3 Å². The van der Waals surface area contributed by atoms with Gasteiger partial charge in [-0.05, 0) is 5.56 Å². The molecule has 0 aliphatic heterocycles. The number of allylic oxidation sites excluding steroid dienone is 2. The standard InChI is InChI=1S/C17H20O4/c1-5-17(2,12-11-13-9-7-6-8-10-13)14(15(18)20-3)16(19)21-4/h5-12,14H,1H2,2-4H3/b12-11+. The maximum Gasteiger partial charge on any atom is 0.321 e. The molecule has 0 aliphatic rings. The van der Waals surface area contributed by atoms with E-state index in [1.54, 1.807) is 19.1 Å². The summed E-state index contributed by atoms with van der Waals surface area (Å²) in [6, 6.07) is 9.57. The minimum atomic E-state index is -1.09. The molecule has 1 rings (SSSR count). The molecule has 0 radical (unpaired) electrons. The average Bonchev–Trinajstić information content (AvgIpc) is 2.53. The first-order valence-corrected chi connectivity index (χ1v) is 6.52. The third-order valence-electron chi connectivity index (χ3n) is 3.37. The first-order chi connectivity index (χ1) is 9.98. The van der Waals surface area contributed by atoms with Gasteiger partial charge in [0.1, 0.15) is 0 Å². The Morgan fingerprint density at radius 1 is 1.14 bits per heavy atom. The van der Waals surface area contributed by atoms with Crippen LogP contribution >= 0.6 is 0 Å². The molecule has 0 amide bonds. The molecule has 0 fully saturated rings. The van der Waals surface area contributed by atoms with E-state index in [1.807, 2.05) is 36.4 Å². The number of methoxy groups -OCH3 is 2. The second-order valence-corrected chi connectivity index (χ2v) is 4.79. The van der Waals surface area contributed by atoms with Crippen molar-refractivity contribution in [3.63, 3.8) is 0 Å². The Morgan fingerprint density at radius 3 is 2.10 bits per heavy atom. The number of carbonyl (C=O) groups excluding carboxylic acids is 2. The predicted molar refractivity (Wildman–Crippen MR) is 81.3 cm³/mol. The normalized spacial score (nSPS) is 13.7. The van der Waals surface area contributed by atoms with Gasteiger partial charge >= 0.3 is 11.9 Å². The molecule has 1 unspecified atom stereocenters. The van der Waals surface area contributed by atoms with Crippen LogP contribution in [0.25, 0.3) is 6.08 Å². The van der Waals surface area contributed by atoms with E-state index >= 15 is 0 Å². The highest BCUT2D eigenvalue weighted by atomic mass is 16.5. The lowest BCUT2D eigenvalue weighted by Gasteiger charge is -2.28. The Labute approximate surface area is 125 Å². The molecule has 0 heterocycles. The number of esters is 2. The van der Waals surface area contributed by atoms with E-state index in [0.717, 1.165) is 5.56 Å². The van der Waals surface area contributed by atoms with Gasteiger partial charge in [-0.15, -0.1) is 6.58 Å². The van der Waals surface area contributed by atoms with Gasteiger partial charge < -0.3 is 9.47 Å². The summed E-state index contributed by atoms with van der Waals surface area (Å²) in [5.74, 6) is -2.39. The van der Waals surface area contributed by atoms with Crippen LogP contribution in [-0.2, 0) is 19.1 Å². The smallest absolute Gasteiger partial charge is 0.321 e. The van der Waals surface area contributed by atoms with Gasteiger partial charge in [0.2, 0.25) is 0 Å². The van der Waals surface area contributed by atoms with Crippen LogP contribution in [0.4, 0.5) is 0 Å². The largest absolute Gasteiger partial charge is 0.468 e. The molecule has 1 aromatic rings. The number of benzene rings is 1. The van der Waals surface area contributed by atoms with Crippen LogP contribution < -0.4 is 0 Å². The quantitative estimate of drug-likeness (QED) is 0.459. The van der Waals surface area contributed by atoms with Gasteiger partial charge in [0.15, 0.2) is 5.92 Å². The van der Waals surface area contributed by atoms with Crippen LogP contribution in [0.15, 0.2) is 49.1 Å². The number of carbonyl (C=O) groups is 2. The predicted octanol–water partition coefficient (Wildman–Crippen LogP) is 2.85. The first kappa shape index (κ1) is 16.7. The number of rotatable bonds is 6. The molecule has 0 aliphatic carbocycles. The molecule has 0 saturated carbocycles. The molecule has 21 heavy (non-hydrogen) atoms. The van der Waals surface area contributed by atoms with Crippen molar-refractivity contribution in [2.75, 3.05) is 14.2 Å². The second kappa shape index (κ2) is 7.43. The molecule has 4 nitrogen and oxygen atoms in total. The number of hydrogen-bond donors (Lipinski definition) is 0. The van der Waals surface area contributed by atoms with Crippen molar-refractivity contribution in [2.24, 2.45) is 11.3 Å². The summed E-state index contributed by atoms with van der Waals surface area (Å²) in [5, 5.41) is 0. The Bertz CT molecular complexity index is 517. The molecule has 4 heteroatoms. The molecule has 0 N–H and O–H groups in total. The maximum atomic E-state index is 11.9. The zero-order chi connectivity index (χ0) is 15.9. The van der Waals surface area contributed by atoms with Crippen LogP contribution in [0.5, 0.6) is 0 Å². The minimum Gasteiger partial charge on any atom is -0.468 e. The molecule has 0 bridgehead atoms. The van der Waals surface area contributed by atoms with Crippen molar-refractivity contribution in [1.29, 1.82) is 0 Å². The summed E-state index contributed by atoms with van der Waals surface area (Å²) >= 11 is 0. The fraction of sp³-hybridized carbons (Fsp3) is 0.294. The molecule has 0 saturated heterocycles. The molecule has 0 spiro atoms. The van der Waals surface area contributed by atoms with Crippen molar-refractivity contribution >= 4 is 18.0 Å². The van der Waals surface area contributed by atoms with E-state index in [1.165, 1.54) is 14.2 Å². The van der Waals surface area contributed by atoms with Crippen molar-refractivity contribution in [3.05, 3.63) is 54.6 Å².